The number of amides is 1. The topological polar surface area (TPSA) is 66.4 Å². The zero-order chi connectivity index (χ0) is 16.4. The van der Waals surface area contributed by atoms with E-state index in [9.17, 15) is 22.8 Å². The van der Waals surface area contributed by atoms with Crippen LogP contribution in [0.25, 0.3) is 0 Å². The van der Waals surface area contributed by atoms with E-state index in [-0.39, 0.29) is 11.1 Å². The van der Waals surface area contributed by atoms with Crippen molar-refractivity contribution in [3.63, 3.8) is 0 Å². The van der Waals surface area contributed by atoms with Crippen LogP contribution in [0, 0.1) is 24.4 Å². The van der Waals surface area contributed by atoms with Gasteiger partial charge < -0.3 is 10.4 Å². The number of hydrogen-bond acceptors (Lipinski definition) is 2. The molecule has 0 radical (unpaired) electrons. The van der Waals surface area contributed by atoms with E-state index >= 15 is 0 Å². The number of halogens is 3. The lowest BCUT2D eigenvalue weighted by molar-refractivity contribution is 0.0695. The van der Waals surface area contributed by atoms with Gasteiger partial charge in [0.1, 0.15) is 23.0 Å². The van der Waals surface area contributed by atoms with Gasteiger partial charge >= 0.3 is 5.97 Å². The van der Waals surface area contributed by atoms with Crippen LogP contribution in [-0.2, 0) is 0 Å². The zero-order valence-corrected chi connectivity index (χ0v) is 11.3. The van der Waals surface area contributed by atoms with Crippen molar-refractivity contribution in [1.29, 1.82) is 0 Å². The molecule has 2 rings (SSSR count). The Hall–Kier alpha value is -2.83. The monoisotopic (exact) mass is 309 g/mol. The molecule has 0 saturated heterocycles. The molecule has 0 aromatic heterocycles. The van der Waals surface area contributed by atoms with Crippen molar-refractivity contribution in [2.75, 3.05) is 5.32 Å². The summed E-state index contributed by atoms with van der Waals surface area (Å²) in [6.45, 7) is 1.28. The first kappa shape index (κ1) is 15.6. The first-order valence-electron chi connectivity index (χ1n) is 6.10. The van der Waals surface area contributed by atoms with Crippen molar-refractivity contribution >= 4 is 17.6 Å². The smallest absolute Gasteiger partial charge is 0.336 e. The van der Waals surface area contributed by atoms with E-state index in [0.29, 0.717) is 0 Å². The molecule has 2 aromatic carbocycles. The average Bonchev–Trinajstić information content (AvgIpc) is 2.42. The van der Waals surface area contributed by atoms with Gasteiger partial charge in [0.05, 0.1) is 11.3 Å². The maximum atomic E-state index is 13.8. The molecule has 0 fully saturated rings. The van der Waals surface area contributed by atoms with E-state index in [1.807, 2.05) is 5.32 Å². The summed E-state index contributed by atoms with van der Waals surface area (Å²) in [7, 11) is 0. The highest BCUT2D eigenvalue weighted by Gasteiger charge is 2.21. The lowest BCUT2D eigenvalue weighted by atomic mass is 10.1. The van der Waals surface area contributed by atoms with E-state index in [1.54, 1.807) is 0 Å². The first-order chi connectivity index (χ1) is 10.3. The normalized spacial score (nSPS) is 10.4. The van der Waals surface area contributed by atoms with Gasteiger partial charge in [-0.05, 0) is 36.8 Å². The molecule has 1 amide bonds. The van der Waals surface area contributed by atoms with Crippen molar-refractivity contribution in [2.45, 2.75) is 6.92 Å². The van der Waals surface area contributed by atoms with Gasteiger partial charge in [-0.1, -0.05) is 6.07 Å². The van der Waals surface area contributed by atoms with Gasteiger partial charge in [0.25, 0.3) is 5.91 Å². The molecule has 114 valence electrons. The number of carbonyl (C=O) groups excluding carboxylic acids is 1. The lowest BCUT2D eigenvalue weighted by Crippen LogP contribution is -2.18. The highest BCUT2D eigenvalue weighted by atomic mass is 19.1. The summed E-state index contributed by atoms with van der Waals surface area (Å²) in [5.74, 6) is -5.65. The molecule has 0 aliphatic heterocycles. The maximum Gasteiger partial charge on any atom is 0.336 e. The Labute approximate surface area is 123 Å². The van der Waals surface area contributed by atoms with Gasteiger partial charge in [-0.3, -0.25) is 4.79 Å². The quantitative estimate of drug-likeness (QED) is 0.913. The molecule has 0 bridgehead atoms. The SMILES string of the molecule is Cc1c(C(=O)O)ccc(F)c1NC(=O)c1c(F)cccc1F. The molecule has 4 nitrogen and oxygen atoms in total. The zero-order valence-electron chi connectivity index (χ0n) is 11.3. The number of nitrogens with one attached hydrogen (secondary N) is 1. The van der Waals surface area contributed by atoms with E-state index < -0.39 is 40.6 Å². The molecule has 0 spiro atoms. The third kappa shape index (κ3) is 2.78. The van der Waals surface area contributed by atoms with Crippen molar-refractivity contribution in [3.05, 3.63) is 64.5 Å². The van der Waals surface area contributed by atoms with E-state index in [0.717, 1.165) is 30.3 Å². The second-order valence-electron chi connectivity index (χ2n) is 4.45. The average molecular weight is 309 g/mol. The predicted octanol–water partition coefficient (Wildman–Crippen LogP) is 3.36. The molecule has 0 saturated carbocycles. The van der Waals surface area contributed by atoms with Crippen molar-refractivity contribution in [1.82, 2.24) is 0 Å². The van der Waals surface area contributed by atoms with Crippen LogP contribution in [0.15, 0.2) is 30.3 Å². The van der Waals surface area contributed by atoms with Gasteiger partial charge in [0.15, 0.2) is 0 Å². The molecule has 0 aliphatic carbocycles. The summed E-state index contributed by atoms with van der Waals surface area (Å²) in [5, 5.41) is 11.0. The van der Waals surface area contributed by atoms with Crippen molar-refractivity contribution < 1.29 is 27.9 Å². The van der Waals surface area contributed by atoms with E-state index in [2.05, 4.69) is 0 Å². The highest BCUT2D eigenvalue weighted by molar-refractivity contribution is 6.06. The molecule has 7 heteroatoms. The fourth-order valence-corrected chi connectivity index (χ4v) is 1.95. The van der Waals surface area contributed by atoms with Crippen LogP contribution in [0.3, 0.4) is 0 Å². The Morgan fingerprint density at radius 1 is 1.00 bits per heavy atom. The minimum atomic E-state index is -1.31. The third-order valence-electron chi connectivity index (χ3n) is 3.07. The Balaban J connectivity index is 2.45. The molecule has 0 unspecified atom stereocenters. The molecule has 2 aromatic rings. The lowest BCUT2D eigenvalue weighted by Gasteiger charge is -2.12. The van der Waals surface area contributed by atoms with Crippen LogP contribution in [-0.4, -0.2) is 17.0 Å². The number of carboxylic acids is 1. The van der Waals surface area contributed by atoms with Gasteiger partial charge in [0.2, 0.25) is 0 Å². The number of carbonyl (C=O) groups is 2. The summed E-state index contributed by atoms with van der Waals surface area (Å²) in [6, 6.07) is 4.73. The number of anilines is 1. The van der Waals surface area contributed by atoms with Crippen LogP contribution in [0.1, 0.15) is 26.3 Å². The molecular weight excluding hydrogens is 299 g/mol. The molecule has 22 heavy (non-hydrogen) atoms. The molecule has 2 N–H and O–H groups in total. The minimum Gasteiger partial charge on any atom is -0.478 e. The summed E-state index contributed by atoms with van der Waals surface area (Å²) < 4.78 is 40.8. The molecule has 0 heterocycles. The van der Waals surface area contributed by atoms with E-state index in [1.165, 1.54) is 6.92 Å². The number of hydrogen-bond donors (Lipinski definition) is 2. The number of aromatic carboxylic acids is 1. The Morgan fingerprint density at radius 2 is 1.59 bits per heavy atom. The largest absolute Gasteiger partial charge is 0.478 e. The maximum absolute atomic E-state index is 13.8. The fourth-order valence-electron chi connectivity index (χ4n) is 1.95. The second kappa shape index (κ2) is 5.88. The number of benzene rings is 2. The van der Waals surface area contributed by atoms with Crippen LogP contribution < -0.4 is 5.32 Å². The van der Waals surface area contributed by atoms with Gasteiger partial charge in [0, 0.05) is 0 Å². The Morgan fingerprint density at radius 3 is 2.14 bits per heavy atom. The molecular formula is C15H10F3NO3. The predicted molar refractivity (Wildman–Crippen MR) is 72.4 cm³/mol. The summed E-state index contributed by atoms with van der Waals surface area (Å²) in [5.41, 5.74) is -1.60. The summed E-state index contributed by atoms with van der Waals surface area (Å²) in [6.07, 6.45) is 0. The summed E-state index contributed by atoms with van der Waals surface area (Å²) in [4.78, 5) is 22.9. The summed E-state index contributed by atoms with van der Waals surface area (Å²) >= 11 is 0. The van der Waals surface area contributed by atoms with Crippen LogP contribution >= 0.6 is 0 Å². The minimum absolute atomic E-state index is 0.0578. The fraction of sp³-hybridized carbons (Fsp3) is 0.0667. The van der Waals surface area contributed by atoms with Crippen molar-refractivity contribution in [3.8, 4) is 0 Å². The number of rotatable bonds is 3. The highest BCUT2D eigenvalue weighted by Crippen LogP contribution is 2.24. The Kier molecular flexibility index (Phi) is 4.16. The van der Waals surface area contributed by atoms with E-state index in [4.69, 9.17) is 5.11 Å². The molecule has 0 atom stereocenters. The third-order valence-corrected chi connectivity index (χ3v) is 3.07. The van der Waals surface area contributed by atoms with Gasteiger partial charge in [-0.2, -0.15) is 0 Å². The van der Waals surface area contributed by atoms with Crippen LogP contribution in [0.5, 0.6) is 0 Å². The molecule has 0 aliphatic rings. The Bertz CT molecular complexity index is 755. The van der Waals surface area contributed by atoms with Crippen molar-refractivity contribution in [2.24, 2.45) is 0 Å². The second-order valence-corrected chi connectivity index (χ2v) is 4.45. The van der Waals surface area contributed by atoms with Gasteiger partial charge in [-0.25, -0.2) is 18.0 Å². The van der Waals surface area contributed by atoms with Crippen LogP contribution in [0.2, 0.25) is 0 Å². The number of carboxylic acid groups (broad SMARTS) is 1. The van der Waals surface area contributed by atoms with Crippen LogP contribution in [0.4, 0.5) is 18.9 Å². The standard InChI is InChI=1S/C15H10F3NO3/c1-7-8(15(21)22)5-6-11(18)13(7)19-14(20)12-9(16)3-2-4-10(12)17/h2-6H,1H3,(H,19,20)(H,21,22). The first-order valence-corrected chi connectivity index (χ1v) is 6.10. The van der Waals surface area contributed by atoms with Gasteiger partial charge in [-0.15, -0.1) is 0 Å².